The Labute approximate surface area is 230 Å². The highest BCUT2D eigenvalue weighted by Gasteiger charge is 2.33. The number of aliphatic hydroxyl groups excluding tert-OH is 2. The standard InChI is InChI=1S/C30H31FN4O5/c1-15-24(32-17(3)26(15)35-30(39)27(36)25-5-4-12-40-25)14-22-21-13-19(8-11-23(21)34-29(22)38)28(37)33-16(2)18-6-9-20(31)10-7-18/h4-13,16,22,27,29,32,34,36,38H,14H2,1-3H3,(H,33,37)(H,35,39)/t16-,22?,27-,29?/m1/s1. The number of benzene rings is 2. The number of hydrogen-bond donors (Lipinski definition) is 6. The lowest BCUT2D eigenvalue weighted by atomic mass is 9.92. The van der Waals surface area contributed by atoms with E-state index in [2.05, 4.69) is 20.9 Å². The lowest BCUT2D eigenvalue weighted by molar-refractivity contribution is -0.125. The smallest absolute Gasteiger partial charge is 0.261 e. The molecule has 40 heavy (non-hydrogen) atoms. The highest BCUT2D eigenvalue weighted by Crippen LogP contribution is 2.39. The van der Waals surface area contributed by atoms with Gasteiger partial charge in [0, 0.05) is 28.6 Å². The Morgan fingerprint density at radius 3 is 2.58 bits per heavy atom. The Hall–Kier alpha value is -4.41. The van der Waals surface area contributed by atoms with Crippen molar-refractivity contribution >= 4 is 23.2 Å². The molecule has 208 valence electrons. The number of rotatable bonds is 8. The van der Waals surface area contributed by atoms with Crippen molar-refractivity contribution < 1.29 is 28.6 Å². The number of hydrogen-bond acceptors (Lipinski definition) is 6. The van der Waals surface area contributed by atoms with Gasteiger partial charge in [-0.3, -0.25) is 9.59 Å². The summed E-state index contributed by atoms with van der Waals surface area (Å²) >= 11 is 0. The first kappa shape index (κ1) is 27.2. The summed E-state index contributed by atoms with van der Waals surface area (Å²) in [5.41, 5.74) is 5.58. The molecule has 1 aliphatic heterocycles. The largest absolute Gasteiger partial charge is 0.466 e. The number of halogens is 1. The van der Waals surface area contributed by atoms with Gasteiger partial charge in [-0.15, -0.1) is 0 Å². The van der Waals surface area contributed by atoms with E-state index >= 15 is 0 Å². The van der Waals surface area contributed by atoms with Crippen LogP contribution in [0.2, 0.25) is 0 Å². The van der Waals surface area contributed by atoms with Crippen molar-refractivity contribution in [1.29, 1.82) is 0 Å². The average Bonchev–Trinajstić information content (AvgIpc) is 3.64. The van der Waals surface area contributed by atoms with Crippen molar-refractivity contribution in [2.45, 2.75) is 51.5 Å². The first-order valence-corrected chi connectivity index (χ1v) is 13.0. The minimum absolute atomic E-state index is 0.146. The Morgan fingerprint density at radius 2 is 1.88 bits per heavy atom. The van der Waals surface area contributed by atoms with Crippen LogP contribution < -0.4 is 16.0 Å². The molecule has 2 aromatic heterocycles. The number of H-pyrrole nitrogens is 1. The molecule has 6 N–H and O–H groups in total. The van der Waals surface area contributed by atoms with E-state index in [0.29, 0.717) is 23.4 Å². The fraction of sp³-hybridized carbons (Fsp3) is 0.267. The molecule has 3 heterocycles. The molecule has 0 aliphatic carbocycles. The molecule has 4 atom stereocenters. The van der Waals surface area contributed by atoms with E-state index in [1.165, 1.54) is 24.5 Å². The molecule has 0 radical (unpaired) electrons. The zero-order chi connectivity index (χ0) is 28.6. The minimum Gasteiger partial charge on any atom is -0.466 e. The molecular weight excluding hydrogens is 515 g/mol. The fourth-order valence-corrected chi connectivity index (χ4v) is 5.10. The van der Waals surface area contributed by atoms with Crippen LogP contribution >= 0.6 is 0 Å². The Bertz CT molecular complexity index is 1530. The summed E-state index contributed by atoms with van der Waals surface area (Å²) in [6.45, 7) is 5.49. The van der Waals surface area contributed by atoms with Crippen LogP contribution in [0.5, 0.6) is 0 Å². The molecule has 4 aromatic rings. The third-order valence-corrected chi connectivity index (χ3v) is 7.39. The summed E-state index contributed by atoms with van der Waals surface area (Å²) < 4.78 is 18.4. The van der Waals surface area contributed by atoms with Gasteiger partial charge in [0.25, 0.3) is 11.8 Å². The van der Waals surface area contributed by atoms with Crippen LogP contribution in [0.15, 0.2) is 65.3 Å². The second-order valence-electron chi connectivity index (χ2n) is 10.1. The number of aryl methyl sites for hydroxylation is 1. The molecule has 0 spiro atoms. The molecule has 10 heteroatoms. The average molecular weight is 547 g/mol. The van der Waals surface area contributed by atoms with Crippen molar-refractivity contribution in [3.63, 3.8) is 0 Å². The fourth-order valence-electron chi connectivity index (χ4n) is 5.10. The van der Waals surface area contributed by atoms with Crippen LogP contribution in [0.3, 0.4) is 0 Å². The Balaban J connectivity index is 1.32. The number of fused-ring (bicyclic) bond motifs is 1. The van der Waals surface area contributed by atoms with Crippen molar-refractivity contribution in [3.8, 4) is 0 Å². The maximum Gasteiger partial charge on any atom is 0.261 e. The summed E-state index contributed by atoms with van der Waals surface area (Å²) in [5, 5.41) is 29.9. The van der Waals surface area contributed by atoms with E-state index in [4.69, 9.17) is 4.42 Å². The van der Waals surface area contributed by atoms with Crippen LogP contribution in [-0.4, -0.2) is 33.2 Å². The van der Waals surface area contributed by atoms with Crippen molar-refractivity contribution in [3.05, 3.63) is 106 Å². The number of carbonyl (C=O) groups is 2. The minimum atomic E-state index is -1.45. The Morgan fingerprint density at radius 1 is 1.12 bits per heavy atom. The second kappa shape index (κ2) is 11.0. The molecule has 2 aromatic carbocycles. The number of carbonyl (C=O) groups excluding carboxylic acids is 2. The van der Waals surface area contributed by atoms with Crippen LogP contribution in [0.1, 0.15) is 69.2 Å². The predicted molar refractivity (Wildman–Crippen MR) is 147 cm³/mol. The van der Waals surface area contributed by atoms with E-state index in [0.717, 1.165) is 28.1 Å². The number of aromatic amines is 1. The number of aliphatic hydroxyl groups is 2. The second-order valence-corrected chi connectivity index (χ2v) is 10.1. The van der Waals surface area contributed by atoms with E-state index in [-0.39, 0.29) is 29.4 Å². The summed E-state index contributed by atoms with van der Waals surface area (Å²) in [7, 11) is 0. The van der Waals surface area contributed by atoms with Crippen LogP contribution in [0, 0.1) is 19.7 Å². The van der Waals surface area contributed by atoms with Crippen LogP contribution in [0.25, 0.3) is 0 Å². The highest BCUT2D eigenvalue weighted by atomic mass is 19.1. The molecule has 2 unspecified atom stereocenters. The number of anilines is 2. The van der Waals surface area contributed by atoms with Gasteiger partial charge in [0.05, 0.1) is 18.0 Å². The molecule has 0 saturated heterocycles. The molecule has 2 amide bonds. The number of nitrogens with one attached hydrogen (secondary N) is 4. The van der Waals surface area contributed by atoms with Gasteiger partial charge in [-0.2, -0.15) is 0 Å². The zero-order valence-corrected chi connectivity index (χ0v) is 22.3. The number of amides is 2. The third kappa shape index (κ3) is 5.36. The summed E-state index contributed by atoms with van der Waals surface area (Å²) in [4.78, 5) is 29.0. The van der Waals surface area contributed by atoms with Crippen molar-refractivity contribution in [2.75, 3.05) is 10.6 Å². The normalized spacial score (nSPS) is 17.6. The van der Waals surface area contributed by atoms with Gasteiger partial charge in [-0.1, -0.05) is 12.1 Å². The summed E-state index contributed by atoms with van der Waals surface area (Å²) in [6.07, 6.45) is -0.540. The van der Waals surface area contributed by atoms with E-state index in [9.17, 15) is 24.2 Å². The molecule has 0 saturated carbocycles. The highest BCUT2D eigenvalue weighted by molar-refractivity contribution is 5.96. The summed E-state index contributed by atoms with van der Waals surface area (Å²) in [6, 6.07) is 14.0. The quantitative estimate of drug-likeness (QED) is 0.191. The van der Waals surface area contributed by atoms with Crippen molar-refractivity contribution in [1.82, 2.24) is 10.3 Å². The lowest BCUT2D eigenvalue weighted by Crippen LogP contribution is -2.26. The van der Waals surface area contributed by atoms with E-state index in [1.807, 2.05) is 20.8 Å². The van der Waals surface area contributed by atoms with Gasteiger partial charge in [0.2, 0.25) is 0 Å². The zero-order valence-electron chi connectivity index (χ0n) is 22.3. The van der Waals surface area contributed by atoms with Gasteiger partial charge in [-0.05, 0) is 86.3 Å². The Kier molecular flexibility index (Phi) is 7.46. The van der Waals surface area contributed by atoms with Gasteiger partial charge in [0.1, 0.15) is 17.8 Å². The van der Waals surface area contributed by atoms with Gasteiger partial charge < -0.3 is 35.6 Å². The number of aromatic nitrogens is 1. The summed E-state index contributed by atoms with van der Waals surface area (Å²) in [5.74, 6) is -1.47. The molecule has 5 rings (SSSR count). The molecule has 0 fully saturated rings. The topological polar surface area (TPSA) is 140 Å². The molecule has 0 bridgehead atoms. The van der Waals surface area contributed by atoms with Crippen LogP contribution in [-0.2, 0) is 11.2 Å². The number of furan rings is 1. The first-order chi connectivity index (χ1) is 19.1. The third-order valence-electron chi connectivity index (χ3n) is 7.39. The lowest BCUT2D eigenvalue weighted by Gasteiger charge is -2.17. The van der Waals surface area contributed by atoms with Crippen LogP contribution in [0.4, 0.5) is 15.8 Å². The molecule has 9 nitrogen and oxygen atoms in total. The van der Waals surface area contributed by atoms with Gasteiger partial charge in [-0.25, -0.2) is 4.39 Å². The SMILES string of the molecule is Cc1[nH]c(CC2c3cc(C(=O)N[C@H](C)c4ccc(F)cc4)ccc3NC2O)c(C)c1NC(=O)[C@H](O)c1ccco1. The predicted octanol–water partition coefficient (Wildman–Crippen LogP) is 4.60. The first-order valence-electron chi connectivity index (χ1n) is 13.0. The van der Waals surface area contributed by atoms with Crippen molar-refractivity contribution in [2.24, 2.45) is 0 Å². The maximum atomic E-state index is 13.3. The van der Waals surface area contributed by atoms with Gasteiger partial charge in [0.15, 0.2) is 6.10 Å². The van der Waals surface area contributed by atoms with Gasteiger partial charge >= 0.3 is 0 Å². The van der Waals surface area contributed by atoms with E-state index < -0.39 is 18.2 Å². The maximum absolute atomic E-state index is 13.3. The van der Waals surface area contributed by atoms with E-state index in [1.54, 1.807) is 36.4 Å². The molecular formula is C30H31FN4O5. The monoisotopic (exact) mass is 546 g/mol. The molecule has 1 aliphatic rings.